The van der Waals surface area contributed by atoms with Crippen LogP contribution in [-0.2, 0) is 0 Å². The van der Waals surface area contributed by atoms with Gasteiger partial charge >= 0.3 is 0 Å². The van der Waals surface area contributed by atoms with Crippen LogP contribution in [0.2, 0.25) is 0 Å². The van der Waals surface area contributed by atoms with E-state index in [0.717, 1.165) is 24.3 Å². The lowest BCUT2D eigenvalue weighted by molar-refractivity contribution is 0.446. The van der Waals surface area contributed by atoms with Gasteiger partial charge in [0.05, 0.1) is 0 Å². The Labute approximate surface area is 103 Å². The van der Waals surface area contributed by atoms with Gasteiger partial charge in [-0.2, -0.15) is 0 Å². The number of benzene rings is 1. The molecule has 1 nitrogen and oxygen atoms in total. The van der Waals surface area contributed by atoms with Crippen molar-refractivity contribution in [2.24, 2.45) is 11.7 Å². The van der Waals surface area contributed by atoms with Gasteiger partial charge in [-0.1, -0.05) is 37.8 Å². The van der Waals surface area contributed by atoms with Gasteiger partial charge in [0, 0.05) is 11.6 Å². The Kier molecular flexibility index (Phi) is 4.16. The minimum absolute atomic E-state index is 0.142. The molecule has 0 radical (unpaired) electrons. The molecule has 2 heteroatoms. The average molecular weight is 235 g/mol. The molecule has 0 bridgehead atoms. The summed E-state index contributed by atoms with van der Waals surface area (Å²) in [6, 6.07) is 5.21. The fourth-order valence-electron chi connectivity index (χ4n) is 2.80. The fraction of sp³-hybridized carbons (Fsp3) is 0.600. The lowest BCUT2D eigenvalue weighted by atomic mass is 9.95. The first-order valence-electron chi connectivity index (χ1n) is 6.68. The van der Waals surface area contributed by atoms with E-state index in [2.05, 4.69) is 0 Å². The summed E-state index contributed by atoms with van der Waals surface area (Å²) in [6.07, 6.45) is 7.45. The minimum atomic E-state index is -0.149. The average Bonchev–Trinajstić information content (AvgIpc) is 2.78. The molecule has 2 N–H and O–H groups in total. The predicted octanol–water partition coefficient (Wildman–Crippen LogP) is 4.10. The molecule has 1 aromatic rings. The summed E-state index contributed by atoms with van der Waals surface area (Å²) in [7, 11) is 0. The summed E-state index contributed by atoms with van der Waals surface area (Å²) in [6.45, 7) is 1.90. The minimum Gasteiger partial charge on any atom is -0.324 e. The lowest BCUT2D eigenvalue weighted by Gasteiger charge is -2.16. The van der Waals surface area contributed by atoms with Gasteiger partial charge in [-0.05, 0) is 37.3 Å². The molecule has 1 aromatic carbocycles. The molecule has 17 heavy (non-hydrogen) atoms. The Hall–Kier alpha value is -0.890. The van der Waals surface area contributed by atoms with E-state index in [1.165, 1.54) is 25.7 Å². The Morgan fingerprint density at radius 2 is 2.06 bits per heavy atom. The maximum Gasteiger partial charge on any atom is 0.128 e. The first-order chi connectivity index (χ1) is 8.16. The van der Waals surface area contributed by atoms with Crippen molar-refractivity contribution in [3.05, 3.63) is 35.1 Å². The van der Waals surface area contributed by atoms with E-state index < -0.39 is 0 Å². The molecule has 0 saturated heterocycles. The van der Waals surface area contributed by atoms with Gasteiger partial charge in [0.25, 0.3) is 0 Å². The van der Waals surface area contributed by atoms with E-state index in [9.17, 15) is 4.39 Å². The third kappa shape index (κ3) is 3.29. The van der Waals surface area contributed by atoms with Crippen LogP contribution in [0.5, 0.6) is 0 Å². The van der Waals surface area contributed by atoms with Crippen LogP contribution < -0.4 is 5.73 Å². The molecule has 1 aliphatic carbocycles. The lowest BCUT2D eigenvalue weighted by Crippen LogP contribution is -2.13. The van der Waals surface area contributed by atoms with Crippen LogP contribution in [0.4, 0.5) is 4.39 Å². The number of rotatable bonds is 4. The standard InChI is InChI=1S/C15H22FN/c1-11-6-8-13(14(16)10-11)15(17)9-7-12-4-2-3-5-12/h6,8,10,12,15H,2-5,7,9,17H2,1H3. The summed E-state index contributed by atoms with van der Waals surface area (Å²) in [5.41, 5.74) is 7.71. The largest absolute Gasteiger partial charge is 0.324 e. The smallest absolute Gasteiger partial charge is 0.128 e. The van der Waals surface area contributed by atoms with Gasteiger partial charge in [-0.3, -0.25) is 0 Å². The molecule has 0 spiro atoms. The van der Waals surface area contributed by atoms with E-state index in [-0.39, 0.29) is 11.9 Å². The van der Waals surface area contributed by atoms with Crippen LogP contribution in [0.25, 0.3) is 0 Å². The zero-order chi connectivity index (χ0) is 12.3. The van der Waals surface area contributed by atoms with Crippen LogP contribution in [0.1, 0.15) is 55.7 Å². The van der Waals surface area contributed by atoms with Crippen molar-refractivity contribution in [1.29, 1.82) is 0 Å². The highest BCUT2D eigenvalue weighted by atomic mass is 19.1. The molecule has 0 aromatic heterocycles. The summed E-state index contributed by atoms with van der Waals surface area (Å²) >= 11 is 0. The van der Waals surface area contributed by atoms with Crippen molar-refractivity contribution in [3.63, 3.8) is 0 Å². The third-order valence-electron chi connectivity index (χ3n) is 3.92. The van der Waals surface area contributed by atoms with Crippen molar-refractivity contribution < 1.29 is 4.39 Å². The molecule has 0 heterocycles. The quantitative estimate of drug-likeness (QED) is 0.835. The first kappa shape index (κ1) is 12.6. The van der Waals surface area contributed by atoms with E-state index in [4.69, 9.17) is 5.73 Å². The topological polar surface area (TPSA) is 26.0 Å². The fourth-order valence-corrected chi connectivity index (χ4v) is 2.80. The normalized spacial score (nSPS) is 18.5. The molecular formula is C15H22FN. The van der Waals surface area contributed by atoms with E-state index in [1.54, 1.807) is 6.07 Å². The number of nitrogens with two attached hydrogens (primary N) is 1. The van der Waals surface area contributed by atoms with Gasteiger partial charge < -0.3 is 5.73 Å². The van der Waals surface area contributed by atoms with E-state index >= 15 is 0 Å². The molecule has 1 unspecified atom stereocenters. The van der Waals surface area contributed by atoms with Crippen molar-refractivity contribution in [3.8, 4) is 0 Å². The van der Waals surface area contributed by atoms with Crippen LogP contribution in [-0.4, -0.2) is 0 Å². The van der Waals surface area contributed by atoms with Gasteiger partial charge in [-0.15, -0.1) is 0 Å². The van der Waals surface area contributed by atoms with Crippen molar-refractivity contribution in [2.45, 2.75) is 51.5 Å². The second-order valence-electron chi connectivity index (χ2n) is 5.36. The molecule has 1 fully saturated rings. The number of halogens is 1. The third-order valence-corrected chi connectivity index (χ3v) is 3.92. The van der Waals surface area contributed by atoms with Crippen LogP contribution >= 0.6 is 0 Å². The maximum absolute atomic E-state index is 13.7. The van der Waals surface area contributed by atoms with Crippen molar-refractivity contribution in [2.75, 3.05) is 0 Å². The summed E-state index contributed by atoms with van der Waals surface area (Å²) in [5.74, 6) is 0.679. The van der Waals surface area contributed by atoms with Crippen molar-refractivity contribution in [1.82, 2.24) is 0 Å². The van der Waals surface area contributed by atoms with Crippen LogP contribution in [0.15, 0.2) is 18.2 Å². The molecule has 1 atom stereocenters. The highest BCUT2D eigenvalue weighted by Gasteiger charge is 2.18. The monoisotopic (exact) mass is 235 g/mol. The zero-order valence-electron chi connectivity index (χ0n) is 10.6. The highest BCUT2D eigenvalue weighted by Crippen LogP contribution is 2.31. The first-order valence-corrected chi connectivity index (χ1v) is 6.68. The summed E-state index contributed by atoms with van der Waals surface area (Å²) < 4.78 is 13.7. The van der Waals surface area contributed by atoms with E-state index in [0.29, 0.717) is 5.56 Å². The Morgan fingerprint density at radius 1 is 1.35 bits per heavy atom. The van der Waals surface area contributed by atoms with Gasteiger partial charge in [-0.25, -0.2) is 4.39 Å². The Bertz CT molecular complexity index is 369. The second-order valence-corrected chi connectivity index (χ2v) is 5.36. The summed E-state index contributed by atoms with van der Waals surface area (Å²) in [5, 5.41) is 0. The van der Waals surface area contributed by atoms with Gasteiger partial charge in [0.15, 0.2) is 0 Å². The van der Waals surface area contributed by atoms with Crippen molar-refractivity contribution >= 4 is 0 Å². The number of aryl methyl sites for hydroxylation is 1. The zero-order valence-corrected chi connectivity index (χ0v) is 10.6. The molecule has 94 valence electrons. The Balaban J connectivity index is 1.91. The predicted molar refractivity (Wildman–Crippen MR) is 69.3 cm³/mol. The molecule has 0 amide bonds. The molecular weight excluding hydrogens is 213 g/mol. The highest BCUT2D eigenvalue weighted by molar-refractivity contribution is 5.25. The summed E-state index contributed by atoms with van der Waals surface area (Å²) in [4.78, 5) is 0. The second kappa shape index (κ2) is 5.63. The van der Waals surface area contributed by atoms with Crippen LogP contribution in [0, 0.1) is 18.7 Å². The van der Waals surface area contributed by atoms with Gasteiger partial charge in [0.1, 0.15) is 5.82 Å². The van der Waals surface area contributed by atoms with Gasteiger partial charge in [0.2, 0.25) is 0 Å². The molecule has 1 saturated carbocycles. The SMILES string of the molecule is Cc1ccc(C(N)CCC2CCCC2)c(F)c1. The van der Waals surface area contributed by atoms with Crippen LogP contribution in [0.3, 0.4) is 0 Å². The maximum atomic E-state index is 13.7. The molecule has 0 aliphatic heterocycles. The Morgan fingerprint density at radius 3 is 2.71 bits per heavy atom. The van der Waals surface area contributed by atoms with E-state index in [1.807, 2.05) is 19.1 Å². The molecule has 1 aliphatic rings. The number of hydrogen-bond donors (Lipinski definition) is 1. The molecule has 2 rings (SSSR count). The number of hydrogen-bond acceptors (Lipinski definition) is 1.